The summed E-state index contributed by atoms with van der Waals surface area (Å²) in [5, 5.41) is 1.98. The number of hydrogen-bond donors (Lipinski definition) is 0. The zero-order chi connectivity index (χ0) is 8.55. The van der Waals surface area contributed by atoms with Crippen LogP contribution in [0, 0.1) is 5.82 Å². The molecule has 0 nitrogen and oxygen atoms in total. The topological polar surface area (TPSA) is 0 Å². The number of hydrogen-bond acceptors (Lipinski definition) is 0. The molecule has 2 rings (SSSR count). The molecule has 0 spiro atoms. The maximum Gasteiger partial charge on any atom is 0.123 e. The van der Waals surface area contributed by atoms with Crippen LogP contribution in [0.5, 0.6) is 0 Å². The van der Waals surface area contributed by atoms with Gasteiger partial charge in [0.05, 0.1) is 0 Å². The highest BCUT2D eigenvalue weighted by Gasteiger charge is 1.95. The van der Waals surface area contributed by atoms with Gasteiger partial charge in [-0.15, -0.1) is 0 Å². The minimum Gasteiger partial charge on any atom is -0.207 e. The third-order valence-corrected chi connectivity index (χ3v) is 2.26. The fraction of sp³-hybridized carbons (Fsp3) is 0. The van der Waals surface area contributed by atoms with Gasteiger partial charge in [-0.1, -0.05) is 28.1 Å². The molecular weight excluding hydrogens is 219 g/mol. The van der Waals surface area contributed by atoms with Crippen molar-refractivity contribution >= 4 is 26.7 Å². The van der Waals surface area contributed by atoms with Gasteiger partial charge in [-0.05, 0) is 35.0 Å². The third-order valence-electron chi connectivity index (χ3n) is 1.76. The van der Waals surface area contributed by atoms with Crippen molar-refractivity contribution < 1.29 is 4.39 Å². The summed E-state index contributed by atoms with van der Waals surface area (Å²) in [6.45, 7) is 0. The summed E-state index contributed by atoms with van der Waals surface area (Å²) in [6, 6.07) is 10.5. The molecule has 2 aromatic rings. The Morgan fingerprint density at radius 1 is 0.917 bits per heavy atom. The normalized spacial score (nSPS) is 10.5. The lowest BCUT2D eigenvalue weighted by molar-refractivity contribution is 0.630. The number of fused-ring (bicyclic) bond motifs is 1. The molecule has 0 N–H and O–H groups in total. The van der Waals surface area contributed by atoms with E-state index in [1.165, 1.54) is 12.1 Å². The van der Waals surface area contributed by atoms with Gasteiger partial charge in [0.2, 0.25) is 0 Å². The third kappa shape index (κ3) is 1.34. The first-order valence-electron chi connectivity index (χ1n) is 3.60. The highest BCUT2D eigenvalue weighted by molar-refractivity contribution is 9.10. The summed E-state index contributed by atoms with van der Waals surface area (Å²) < 4.78 is 13.7. The predicted octanol–water partition coefficient (Wildman–Crippen LogP) is 3.74. The maximum absolute atomic E-state index is 12.7. The van der Waals surface area contributed by atoms with Crippen molar-refractivity contribution in [2.24, 2.45) is 0 Å². The summed E-state index contributed by atoms with van der Waals surface area (Å²) in [4.78, 5) is 0. The highest BCUT2D eigenvalue weighted by atomic mass is 79.9. The standard InChI is InChI=1S/C10H6BrF/c11-9-3-1-8-6-10(12)4-2-7(8)5-9/h1-6H. The van der Waals surface area contributed by atoms with Crippen LogP contribution in [0.25, 0.3) is 10.8 Å². The Labute approximate surface area is 78.1 Å². The van der Waals surface area contributed by atoms with Gasteiger partial charge < -0.3 is 0 Å². The largest absolute Gasteiger partial charge is 0.207 e. The van der Waals surface area contributed by atoms with E-state index in [-0.39, 0.29) is 5.82 Å². The second-order valence-electron chi connectivity index (χ2n) is 2.64. The Bertz CT molecular complexity index is 382. The highest BCUT2D eigenvalue weighted by Crippen LogP contribution is 2.20. The van der Waals surface area contributed by atoms with Crippen LogP contribution in [-0.4, -0.2) is 0 Å². The summed E-state index contributed by atoms with van der Waals surface area (Å²) >= 11 is 3.36. The van der Waals surface area contributed by atoms with Crippen molar-refractivity contribution in [3.8, 4) is 0 Å². The van der Waals surface area contributed by atoms with Crippen molar-refractivity contribution in [2.45, 2.75) is 0 Å². The first kappa shape index (κ1) is 7.74. The average molecular weight is 225 g/mol. The van der Waals surface area contributed by atoms with E-state index in [4.69, 9.17) is 0 Å². The van der Waals surface area contributed by atoms with Crippen molar-refractivity contribution in [3.63, 3.8) is 0 Å². The van der Waals surface area contributed by atoms with Gasteiger partial charge in [-0.3, -0.25) is 0 Å². The zero-order valence-corrected chi connectivity index (χ0v) is 7.81. The minimum absolute atomic E-state index is 0.190. The smallest absolute Gasteiger partial charge is 0.123 e. The second-order valence-corrected chi connectivity index (χ2v) is 3.55. The molecule has 0 aliphatic heterocycles. The van der Waals surface area contributed by atoms with E-state index in [9.17, 15) is 4.39 Å². The van der Waals surface area contributed by atoms with Crippen LogP contribution in [0.2, 0.25) is 0 Å². The molecule has 0 aliphatic rings. The van der Waals surface area contributed by atoms with Gasteiger partial charge in [-0.25, -0.2) is 4.39 Å². The summed E-state index contributed by atoms with van der Waals surface area (Å²) in [6.07, 6.45) is 0. The second kappa shape index (κ2) is 2.87. The molecule has 12 heavy (non-hydrogen) atoms. The Morgan fingerprint density at radius 2 is 1.58 bits per heavy atom. The van der Waals surface area contributed by atoms with Crippen LogP contribution in [0.4, 0.5) is 4.39 Å². The molecule has 0 amide bonds. The van der Waals surface area contributed by atoms with E-state index >= 15 is 0 Å². The SMILES string of the molecule is Fc1ccc2cc(Br)ccc2c1. The number of rotatable bonds is 0. The van der Waals surface area contributed by atoms with Crippen LogP contribution in [0.3, 0.4) is 0 Å². The molecule has 0 heterocycles. The Balaban J connectivity index is 2.79. The predicted molar refractivity (Wildman–Crippen MR) is 51.6 cm³/mol. The first-order chi connectivity index (χ1) is 5.75. The van der Waals surface area contributed by atoms with E-state index in [2.05, 4.69) is 15.9 Å². The Morgan fingerprint density at radius 3 is 2.42 bits per heavy atom. The molecule has 2 aromatic carbocycles. The van der Waals surface area contributed by atoms with E-state index in [1.807, 2.05) is 18.2 Å². The van der Waals surface area contributed by atoms with E-state index in [0.717, 1.165) is 15.2 Å². The average Bonchev–Trinajstić information content (AvgIpc) is 2.05. The Hall–Kier alpha value is -0.890. The van der Waals surface area contributed by atoms with Crippen molar-refractivity contribution in [2.75, 3.05) is 0 Å². The van der Waals surface area contributed by atoms with E-state index < -0.39 is 0 Å². The summed E-state index contributed by atoms with van der Waals surface area (Å²) in [5.74, 6) is -0.190. The van der Waals surface area contributed by atoms with Crippen LogP contribution in [0.15, 0.2) is 40.9 Å². The molecule has 0 bridgehead atoms. The maximum atomic E-state index is 12.7. The van der Waals surface area contributed by atoms with Gasteiger partial charge in [0.15, 0.2) is 0 Å². The van der Waals surface area contributed by atoms with E-state index in [1.54, 1.807) is 6.07 Å². The van der Waals surface area contributed by atoms with Crippen molar-refractivity contribution in [1.29, 1.82) is 0 Å². The number of halogens is 2. The quantitative estimate of drug-likeness (QED) is 0.640. The van der Waals surface area contributed by atoms with E-state index in [0.29, 0.717) is 0 Å². The van der Waals surface area contributed by atoms with Crippen LogP contribution in [0.1, 0.15) is 0 Å². The lowest BCUT2D eigenvalue weighted by Crippen LogP contribution is -1.75. The van der Waals surface area contributed by atoms with Gasteiger partial charge in [0.1, 0.15) is 5.82 Å². The summed E-state index contributed by atoms with van der Waals surface area (Å²) in [7, 11) is 0. The molecule has 0 saturated carbocycles. The first-order valence-corrected chi connectivity index (χ1v) is 4.40. The molecule has 0 aromatic heterocycles. The van der Waals surface area contributed by atoms with Gasteiger partial charge in [0, 0.05) is 4.47 Å². The molecule has 0 fully saturated rings. The molecule has 0 atom stereocenters. The van der Waals surface area contributed by atoms with Crippen LogP contribution in [-0.2, 0) is 0 Å². The van der Waals surface area contributed by atoms with Crippen molar-refractivity contribution in [3.05, 3.63) is 46.7 Å². The lowest BCUT2D eigenvalue weighted by atomic mass is 10.1. The molecule has 60 valence electrons. The van der Waals surface area contributed by atoms with Crippen LogP contribution >= 0.6 is 15.9 Å². The molecule has 0 radical (unpaired) electrons. The van der Waals surface area contributed by atoms with Crippen molar-refractivity contribution in [1.82, 2.24) is 0 Å². The molecule has 2 heteroatoms. The molecule has 0 saturated heterocycles. The van der Waals surface area contributed by atoms with Gasteiger partial charge in [0.25, 0.3) is 0 Å². The minimum atomic E-state index is -0.190. The Kier molecular flexibility index (Phi) is 1.85. The fourth-order valence-electron chi connectivity index (χ4n) is 1.19. The lowest BCUT2D eigenvalue weighted by Gasteiger charge is -1.97. The monoisotopic (exact) mass is 224 g/mol. The summed E-state index contributed by atoms with van der Waals surface area (Å²) in [5.41, 5.74) is 0. The molecular formula is C10H6BrF. The van der Waals surface area contributed by atoms with Gasteiger partial charge in [-0.2, -0.15) is 0 Å². The zero-order valence-electron chi connectivity index (χ0n) is 6.22. The van der Waals surface area contributed by atoms with Gasteiger partial charge >= 0.3 is 0 Å². The molecule has 0 unspecified atom stereocenters. The van der Waals surface area contributed by atoms with Crippen LogP contribution < -0.4 is 0 Å². The number of benzene rings is 2. The fourth-order valence-corrected chi connectivity index (χ4v) is 1.57. The molecule has 0 aliphatic carbocycles.